The van der Waals surface area contributed by atoms with Crippen molar-refractivity contribution >= 4 is 17.6 Å². The van der Waals surface area contributed by atoms with Crippen molar-refractivity contribution in [1.29, 1.82) is 0 Å². The molecule has 0 N–H and O–H groups in total. The summed E-state index contributed by atoms with van der Waals surface area (Å²) in [5.74, 6) is 1.90. The van der Waals surface area contributed by atoms with Crippen LogP contribution in [0.25, 0.3) is 0 Å². The van der Waals surface area contributed by atoms with Crippen molar-refractivity contribution in [1.82, 2.24) is 0 Å². The lowest BCUT2D eigenvalue weighted by Gasteiger charge is -2.16. The first-order valence-electron chi connectivity index (χ1n) is 5.28. The first-order valence-corrected chi connectivity index (χ1v) is 6.22. The van der Waals surface area contributed by atoms with Gasteiger partial charge >= 0.3 is 0 Å². The fraction of sp³-hybridized carbons (Fsp3) is 0.500. The van der Waals surface area contributed by atoms with Gasteiger partial charge in [0.1, 0.15) is 0 Å². The highest BCUT2D eigenvalue weighted by molar-refractivity contribution is 8.00. The van der Waals surface area contributed by atoms with Gasteiger partial charge in [0.25, 0.3) is 0 Å². The minimum atomic E-state index is 0.635. The monoisotopic (exact) mass is 207 g/mol. The van der Waals surface area contributed by atoms with E-state index >= 15 is 0 Å². The number of benzene rings is 1. The van der Waals surface area contributed by atoms with Gasteiger partial charge in [-0.3, -0.25) is 0 Å². The highest BCUT2D eigenvalue weighted by Crippen LogP contribution is 2.29. The molecular formula is C12H17NS. The van der Waals surface area contributed by atoms with Gasteiger partial charge in [-0.2, -0.15) is 0 Å². The lowest BCUT2D eigenvalue weighted by Crippen LogP contribution is -2.08. The third kappa shape index (κ3) is 2.06. The molecule has 1 aromatic rings. The highest BCUT2D eigenvalue weighted by Gasteiger charge is 2.12. The van der Waals surface area contributed by atoms with Crippen LogP contribution in [-0.4, -0.2) is 12.3 Å². The molecule has 1 nitrogen and oxygen atoms in total. The Bertz CT molecular complexity index is 286. The van der Waals surface area contributed by atoms with E-state index < -0.39 is 0 Å². The van der Waals surface area contributed by atoms with Crippen LogP contribution in [-0.2, 0) is 0 Å². The van der Waals surface area contributed by atoms with E-state index in [4.69, 9.17) is 0 Å². The van der Waals surface area contributed by atoms with E-state index in [0.717, 1.165) is 0 Å². The molecule has 76 valence electrons. The number of nitrogens with zero attached hydrogens (tertiary/aromatic N) is 1. The molecule has 0 radical (unpaired) electrons. The van der Waals surface area contributed by atoms with Crippen molar-refractivity contribution in [3.63, 3.8) is 0 Å². The van der Waals surface area contributed by atoms with Gasteiger partial charge in [-0.05, 0) is 42.0 Å². The van der Waals surface area contributed by atoms with Crippen LogP contribution in [0, 0.1) is 0 Å². The molecular weight excluding hydrogens is 190 g/mol. The molecule has 0 atom stereocenters. The van der Waals surface area contributed by atoms with Crippen molar-refractivity contribution in [3.05, 3.63) is 29.8 Å². The predicted molar refractivity (Wildman–Crippen MR) is 65.0 cm³/mol. The molecule has 0 spiro atoms. The molecule has 1 fully saturated rings. The summed E-state index contributed by atoms with van der Waals surface area (Å²) in [6, 6.07) is 8.99. The molecule has 1 aliphatic rings. The Morgan fingerprint density at radius 2 is 1.93 bits per heavy atom. The van der Waals surface area contributed by atoms with Crippen molar-refractivity contribution in [2.24, 2.45) is 0 Å². The van der Waals surface area contributed by atoms with Crippen LogP contribution in [0.2, 0.25) is 0 Å². The third-order valence-electron chi connectivity index (χ3n) is 2.60. The summed E-state index contributed by atoms with van der Waals surface area (Å²) in [4.78, 5) is 0. The van der Waals surface area contributed by atoms with E-state index in [1.54, 1.807) is 0 Å². The van der Waals surface area contributed by atoms with Crippen molar-refractivity contribution in [3.8, 4) is 0 Å². The van der Waals surface area contributed by atoms with Crippen LogP contribution >= 0.6 is 11.9 Å². The molecule has 14 heavy (non-hydrogen) atoms. The van der Waals surface area contributed by atoms with Gasteiger partial charge in [-0.25, -0.2) is 0 Å². The van der Waals surface area contributed by atoms with Crippen LogP contribution in [0.15, 0.2) is 24.3 Å². The van der Waals surface area contributed by atoms with Gasteiger partial charge in [0.2, 0.25) is 0 Å². The van der Waals surface area contributed by atoms with E-state index in [-0.39, 0.29) is 0 Å². The van der Waals surface area contributed by atoms with Crippen molar-refractivity contribution in [2.45, 2.75) is 26.2 Å². The van der Waals surface area contributed by atoms with Crippen LogP contribution in [0.3, 0.4) is 0 Å². The lowest BCUT2D eigenvalue weighted by atomic mass is 10.0. The van der Waals surface area contributed by atoms with Crippen LogP contribution < -0.4 is 4.31 Å². The Morgan fingerprint density at radius 3 is 2.43 bits per heavy atom. The Hall–Kier alpha value is -0.630. The Morgan fingerprint density at radius 1 is 1.21 bits per heavy atom. The minimum Gasteiger partial charge on any atom is -0.316 e. The SMILES string of the molecule is CC(C)c1ccc(N2CCCS2)cc1. The standard InChI is InChI=1S/C12H17NS/c1-10(2)11-4-6-12(7-5-11)13-8-3-9-14-13/h4-7,10H,3,8-9H2,1-2H3. The number of hydrogen-bond acceptors (Lipinski definition) is 2. The molecule has 1 aromatic carbocycles. The second-order valence-electron chi connectivity index (χ2n) is 4.04. The van der Waals surface area contributed by atoms with E-state index in [9.17, 15) is 0 Å². The fourth-order valence-electron chi connectivity index (χ4n) is 1.68. The first kappa shape index (κ1) is 9.91. The average molecular weight is 207 g/mol. The van der Waals surface area contributed by atoms with Gasteiger partial charge in [0.15, 0.2) is 0 Å². The molecule has 0 bridgehead atoms. The molecule has 0 aliphatic carbocycles. The summed E-state index contributed by atoms with van der Waals surface area (Å²) < 4.78 is 2.39. The zero-order valence-electron chi connectivity index (χ0n) is 8.86. The molecule has 2 rings (SSSR count). The second kappa shape index (κ2) is 4.26. The third-order valence-corrected chi connectivity index (χ3v) is 3.78. The smallest absolute Gasteiger partial charge is 0.0470 e. The maximum atomic E-state index is 2.39. The zero-order valence-corrected chi connectivity index (χ0v) is 9.68. The molecule has 0 amide bonds. The van der Waals surface area contributed by atoms with Crippen LogP contribution in [0.5, 0.6) is 0 Å². The molecule has 0 saturated carbocycles. The predicted octanol–water partition coefficient (Wildman–Crippen LogP) is 3.67. The molecule has 2 heteroatoms. The summed E-state index contributed by atoms with van der Waals surface area (Å²) in [5, 5.41) is 0. The maximum absolute atomic E-state index is 2.39. The van der Waals surface area contributed by atoms with E-state index in [0.29, 0.717) is 5.92 Å². The first-order chi connectivity index (χ1) is 6.77. The largest absolute Gasteiger partial charge is 0.316 e. The summed E-state index contributed by atoms with van der Waals surface area (Å²) >= 11 is 1.94. The van der Waals surface area contributed by atoms with E-state index in [1.807, 2.05) is 11.9 Å². The summed E-state index contributed by atoms with van der Waals surface area (Å²) in [6.07, 6.45) is 1.32. The average Bonchev–Trinajstić information content (AvgIpc) is 2.71. The second-order valence-corrected chi connectivity index (χ2v) is 5.14. The minimum absolute atomic E-state index is 0.635. The summed E-state index contributed by atoms with van der Waals surface area (Å²) in [5.41, 5.74) is 2.79. The normalized spacial score (nSPS) is 16.6. The number of anilines is 1. The quantitative estimate of drug-likeness (QED) is 0.681. The maximum Gasteiger partial charge on any atom is 0.0470 e. The van der Waals surface area contributed by atoms with Gasteiger partial charge in [0, 0.05) is 18.0 Å². The number of hydrogen-bond donors (Lipinski definition) is 0. The highest BCUT2D eigenvalue weighted by atomic mass is 32.2. The van der Waals surface area contributed by atoms with Gasteiger partial charge in [0.05, 0.1) is 0 Å². The summed E-state index contributed by atoms with van der Waals surface area (Å²) in [6.45, 7) is 5.67. The van der Waals surface area contributed by atoms with Crippen LogP contribution in [0.1, 0.15) is 31.7 Å². The van der Waals surface area contributed by atoms with Crippen molar-refractivity contribution in [2.75, 3.05) is 16.6 Å². The molecule has 1 saturated heterocycles. The van der Waals surface area contributed by atoms with Gasteiger partial charge in [-0.15, -0.1) is 0 Å². The molecule has 0 aromatic heterocycles. The molecule has 1 heterocycles. The molecule has 1 aliphatic heterocycles. The Labute approximate surface area is 90.6 Å². The number of rotatable bonds is 2. The summed E-state index contributed by atoms with van der Waals surface area (Å²) in [7, 11) is 0. The van der Waals surface area contributed by atoms with E-state index in [2.05, 4.69) is 42.4 Å². The Kier molecular flexibility index (Phi) is 3.02. The van der Waals surface area contributed by atoms with E-state index in [1.165, 1.54) is 30.0 Å². The van der Waals surface area contributed by atoms with Crippen LogP contribution in [0.4, 0.5) is 5.69 Å². The zero-order chi connectivity index (χ0) is 9.97. The molecule has 0 unspecified atom stereocenters. The van der Waals surface area contributed by atoms with Crippen molar-refractivity contribution < 1.29 is 0 Å². The topological polar surface area (TPSA) is 3.24 Å². The lowest BCUT2D eigenvalue weighted by molar-refractivity contribution is 0.866. The Balaban J connectivity index is 2.12. The van der Waals surface area contributed by atoms with Gasteiger partial charge < -0.3 is 4.31 Å². The fourth-order valence-corrected chi connectivity index (χ4v) is 2.68. The van der Waals surface area contributed by atoms with Gasteiger partial charge in [-0.1, -0.05) is 26.0 Å².